The lowest BCUT2D eigenvalue weighted by Crippen LogP contribution is -2.25. The van der Waals surface area contributed by atoms with Gasteiger partial charge in [0, 0.05) is 32.8 Å². The van der Waals surface area contributed by atoms with Crippen LogP contribution in [-0.2, 0) is 0 Å². The molecule has 0 radical (unpaired) electrons. The van der Waals surface area contributed by atoms with Gasteiger partial charge in [-0.25, -0.2) is 0 Å². The molecule has 5 nitrogen and oxygen atoms in total. The summed E-state index contributed by atoms with van der Waals surface area (Å²) < 4.78 is 5.22. The Balaban J connectivity index is 0.00000128. The number of halogens is 1. The Morgan fingerprint density at radius 3 is 2.75 bits per heavy atom. The predicted molar refractivity (Wildman–Crippen MR) is 66.0 cm³/mol. The minimum absolute atomic E-state index is 0. The number of aromatic nitrogens is 2. The van der Waals surface area contributed by atoms with E-state index < -0.39 is 0 Å². The zero-order chi connectivity index (χ0) is 10.8. The number of likely N-dealkylation sites (N-methyl/N-ethyl adjacent to an activating group) is 1. The van der Waals surface area contributed by atoms with Crippen LogP contribution in [0.1, 0.15) is 12.3 Å². The van der Waals surface area contributed by atoms with E-state index in [4.69, 9.17) is 4.52 Å². The summed E-state index contributed by atoms with van der Waals surface area (Å²) >= 11 is 0. The monoisotopic (exact) mass is 244 g/mol. The topological polar surface area (TPSA) is 45.4 Å². The molecule has 1 aliphatic rings. The minimum Gasteiger partial charge on any atom is -0.344 e. The van der Waals surface area contributed by atoms with Gasteiger partial charge in [0.25, 0.3) is 11.8 Å². The van der Waals surface area contributed by atoms with Crippen molar-refractivity contribution in [1.82, 2.24) is 15.0 Å². The summed E-state index contributed by atoms with van der Waals surface area (Å²) in [5, 5.41) is 3.90. The van der Waals surface area contributed by atoms with E-state index >= 15 is 0 Å². The summed E-state index contributed by atoms with van der Waals surface area (Å²) in [5.41, 5.74) is 1.13. The third kappa shape index (κ3) is 2.74. The largest absolute Gasteiger partial charge is 0.344 e. The average molecular weight is 245 g/mol. The molecule has 1 aromatic rings. The molecule has 0 atom stereocenters. The molecule has 0 fully saturated rings. The van der Waals surface area contributed by atoms with Crippen LogP contribution in [0, 0.1) is 0 Å². The molecule has 0 saturated carbocycles. The smallest absolute Gasteiger partial charge is 0.265 e. The van der Waals surface area contributed by atoms with Crippen LogP contribution < -0.4 is 4.90 Å². The summed E-state index contributed by atoms with van der Waals surface area (Å²) in [4.78, 5) is 8.40. The molecule has 6 heteroatoms. The molecule has 1 aliphatic heterocycles. The van der Waals surface area contributed by atoms with Crippen molar-refractivity contribution in [3.05, 3.63) is 12.0 Å². The van der Waals surface area contributed by atoms with Crippen LogP contribution in [-0.4, -0.2) is 49.3 Å². The van der Waals surface area contributed by atoms with E-state index in [1.807, 2.05) is 19.0 Å². The van der Waals surface area contributed by atoms with E-state index in [-0.39, 0.29) is 12.4 Å². The summed E-state index contributed by atoms with van der Waals surface area (Å²) in [6, 6.07) is 0. The van der Waals surface area contributed by atoms with E-state index in [9.17, 15) is 0 Å². The van der Waals surface area contributed by atoms with Gasteiger partial charge in [-0.15, -0.1) is 12.4 Å². The van der Waals surface area contributed by atoms with Gasteiger partial charge in [-0.3, -0.25) is 0 Å². The summed E-state index contributed by atoms with van der Waals surface area (Å²) in [7, 11) is 5.89. The molecule has 0 spiro atoms. The van der Waals surface area contributed by atoms with E-state index in [1.54, 1.807) is 0 Å². The van der Waals surface area contributed by atoms with Crippen LogP contribution in [0.3, 0.4) is 0 Å². The van der Waals surface area contributed by atoms with Gasteiger partial charge < -0.3 is 14.3 Å². The fourth-order valence-electron chi connectivity index (χ4n) is 1.58. The standard InChI is InChI=1S/C10H16N4O.ClH/c1-13(2)10-11-9(15-12-10)8-5-4-6-14(3)7-8;/h5H,4,6-7H2,1-3H3;1H. The molecule has 0 bridgehead atoms. The molecule has 1 aromatic heterocycles. The molecular formula is C10H17ClN4O. The highest BCUT2D eigenvalue weighted by Gasteiger charge is 2.16. The van der Waals surface area contributed by atoms with Crippen LogP contribution in [0.2, 0.25) is 0 Å². The van der Waals surface area contributed by atoms with Gasteiger partial charge in [-0.1, -0.05) is 6.08 Å². The Hall–Kier alpha value is -1.07. The maximum absolute atomic E-state index is 5.22. The van der Waals surface area contributed by atoms with Crippen LogP contribution in [0.15, 0.2) is 10.6 Å². The third-order valence-electron chi connectivity index (χ3n) is 2.43. The van der Waals surface area contributed by atoms with Crippen LogP contribution in [0.4, 0.5) is 5.95 Å². The molecule has 0 amide bonds. The fourth-order valence-corrected chi connectivity index (χ4v) is 1.58. The minimum atomic E-state index is 0. The molecule has 0 aliphatic carbocycles. The zero-order valence-corrected chi connectivity index (χ0v) is 10.6. The highest BCUT2D eigenvalue weighted by molar-refractivity contribution is 5.85. The molecule has 0 saturated heterocycles. The van der Waals surface area contributed by atoms with Crippen molar-refractivity contribution in [2.45, 2.75) is 6.42 Å². The first kappa shape index (κ1) is 13.0. The fraction of sp³-hybridized carbons (Fsp3) is 0.600. The quantitative estimate of drug-likeness (QED) is 0.784. The van der Waals surface area contributed by atoms with Gasteiger partial charge in [-0.05, 0) is 18.6 Å². The third-order valence-corrected chi connectivity index (χ3v) is 2.43. The second kappa shape index (κ2) is 5.32. The van der Waals surface area contributed by atoms with Gasteiger partial charge in [0.1, 0.15) is 0 Å². The number of rotatable bonds is 2. The van der Waals surface area contributed by atoms with Crippen molar-refractivity contribution in [2.75, 3.05) is 39.1 Å². The molecule has 2 rings (SSSR count). The molecule has 0 aromatic carbocycles. The summed E-state index contributed by atoms with van der Waals surface area (Å²) in [6.45, 7) is 1.98. The number of nitrogens with zero attached hydrogens (tertiary/aromatic N) is 4. The highest BCUT2D eigenvalue weighted by atomic mass is 35.5. The lowest BCUT2D eigenvalue weighted by Gasteiger charge is -2.20. The van der Waals surface area contributed by atoms with Gasteiger partial charge in [0.2, 0.25) is 0 Å². The lowest BCUT2D eigenvalue weighted by atomic mass is 10.1. The van der Waals surface area contributed by atoms with Crippen molar-refractivity contribution in [3.63, 3.8) is 0 Å². The molecule has 90 valence electrons. The maximum atomic E-state index is 5.22. The Bertz CT molecular complexity index is 375. The first-order chi connectivity index (χ1) is 7.16. The zero-order valence-electron chi connectivity index (χ0n) is 9.80. The van der Waals surface area contributed by atoms with Crippen molar-refractivity contribution in [2.24, 2.45) is 0 Å². The van der Waals surface area contributed by atoms with Crippen molar-refractivity contribution in [1.29, 1.82) is 0 Å². The first-order valence-corrected chi connectivity index (χ1v) is 5.06. The van der Waals surface area contributed by atoms with Gasteiger partial charge in [0.05, 0.1) is 0 Å². The van der Waals surface area contributed by atoms with Gasteiger partial charge >= 0.3 is 0 Å². The molecule has 2 heterocycles. The SMILES string of the molecule is CN1CCC=C(c2nc(N(C)C)no2)C1.Cl. The van der Waals surface area contributed by atoms with Crippen LogP contribution in [0.5, 0.6) is 0 Å². The Morgan fingerprint density at radius 2 is 2.19 bits per heavy atom. The van der Waals surface area contributed by atoms with E-state index in [0.717, 1.165) is 25.1 Å². The lowest BCUT2D eigenvalue weighted by molar-refractivity contribution is 0.357. The Kier molecular flexibility index (Phi) is 4.32. The number of anilines is 1. The van der Waals surface area contributed by atoms with E-state index in [1.165, 1.54) is 0 Å². The second-order valence-electron chi connectivity index (χ2n) is 4.05. The van der Waals surface area contributed by atoms with Crippen LogP contribution in [0.25, 0.3) is 5.57 Å². The Morgan fingerprint density at radius 1 is 1.44 bits per heavy atom. The van der Waals surface area contributed by atoms with Crippen molar-refractivity contribution in [3.8, 4) is 0 Å². The van der Waals surface area contributed by atoms with E-state index in [2.05, 4.69) is 28.2 Å². The summed E-state index contributed by atoms with van der Waals surface area (Å²) in [6.07, 6.45) is 3.22. The molecule has 16 heavy (non-hydrogen) atoms. The van der Waals surface area contributed by atoms with E-state index in [0.29, 0.717) is 11.8 Å². The first-order valence-electron chi connectivity index (χ1n) is 5.06. The molecule has 0 unspecified atom stereocenters. The second-order valence-corrected chi connectivity index (χ2v) is 4.05. The normalized spacial score (nSPS) is 16.6. The Labute approximate surface area is 102 Å². The maximum Gasteiger partial charge on any atom is 0.265 e. The van der Waals surface area contributed by atoms with Gasteiger partial charge in [0.15, 0.2) is 0 Å². The average Bonchev–Trinajstić information content (AvgIpc) is 2.66. The van der Waals surface area contributed by atoms with Gasteiger partial charge in [-0.2, -0.15) is 4.98 Å². The van der Waals surface area contributed by atoms with Crippen molar-refractivity contribution < 1.29 is 4.52 Å². The highest BCUT2D eigenvalue weighted by Crippen LogP contribution is 2.19. The number of hydrogen-bond donors (Lipinski definition) is 0. The predicted octanol–water partition coefficient (Wildman–Crippen LogP) is 1.28. The molecular weight excluding hydrogens is 228 g/mol. The summed E-state index contributed by atoms with van der Waals surface area (Å²) in [5.74, 6) is 1.27. The van der Waals surface area contributed by atoms with Crippen LogP contribution >= 0.6 is 12.4 Å². The van der Waals surface area contributed by atoms with Crippen molar-refractivity contribution >= 4 is 23.9 Å². The molecule has 0 N–H and O–H groups in total. The number of hydrogen-bond acceptors (Lipinski definition) is 5.